The highest BCUT2D eigenvalue weighted by Crippen LogP contribution is 2.14. The highest BCUT2D eigenvalue weighted by atomic mass is 35.5. The molecule has 1 fully saturated rings. The molecular weight excluding hydrogens is 331 g/mol. The van der Waals surface area contributed by atoms with Crippen LogP contribution in [0.5, 0.6) is 0 Å². The predicted octanol–water partition coefficient (Wildman–Crippen LogP) is 2.14. The summed E-state index contributed by atoms with van der Waals surface area (Å²) in [5.41, 5.74) is 1.12. The van der Waals surface area contributed by atoms with Crippen molar-refractivity contribution >= 4 is 17.5 Å². The van der Waals surface area contributed by atoms with Crippen LogP contribution >= 0.6 is 11.6 Å². The van der Waals surface area contributed by atoms with E-state index in [4.69, 9.17) is 11.6 Å². The third-order valence-electron chi connectivity index (χ3n) is 3.61. The highest BCUT2D eigenvalue weighted by Gasteiger charge is 2.28. The molecule has 23 heavy (non-hydrogen) atoms. The molecule has 0 unspecified atom stereocenters. The van der Waals surface area contributed by atoms with Gasteiger partial charge in [0.1, 0.15) is 6.54 Å². The third kappa shape index (κ3) is 6.76. The van der Waals surface area contributed by atoms with Crippen molar-refractivity contribution in [1.29, 1.82) is 0 Å². The third-order valence-corrected chi connectivity index (χ3v) is 3.85. The van der Waals surface area contributed by atoms with Crippen molar-refractivity contribution in [2.75, 3.05) is 39.3 Å². The minimum Gasteiger partial charge on any atom is -0.346 e. The van der Waals surface area contributed by atoms with Crippen LogP contribution < -0.4 is 5.32 Å². The molecular formula is C15H19ClF3N3O. The molecule has 1 N–H and O–H groups in total. The van der Waals surface area contributed by atoms with E-state index in [1.54, 1.807) is 0 Å². The molecule has 1 saturated heterocycles. The van der Waals surface area contributed by atoms with Crippen molar-refractivity contribution in [2.24, 2.45) is 0 Å². The molecule has 0 aromatic heterocycles. The largest absolute Gasteiger partial charge is 0.405 e. The lowest BCUT2D eigenvalue weighted by molar-refractivity contribution is -0.139. The van der Waals surface area contributed by atoms with E-state index in [0.717, 1.165) is 25.2 Å². The van der Waals surface area contributed by atoms with E-state index in [1.807, 2.05) is 34.5 Å². The Bertz CT molecular complexity index is 531. The van der Waals surface area contributed by atoms with Gasteiger partial charge in [-0.05, 0) is 17.7 Å². The Morgan fingerprint density at radius 1 is 1.17 bits per heavy atom. The lowest BCUT2D eigenvalue weighted by Crippen LogP contribution is -2.49. The number of nitrogens with zero attached hydrogens (tertiary/aromatic N) is 2. The van der Waals surface area contributed by atoms with E-state index >= 15 is 0 Å². The number of carbonyl (C=O) groups is 1. The lowest BCUT2D eigenvalue weighted by Gasteiger charge is -2.34. The van der Waals surface area contributed by atoms with Crippen LogP contribution in [0.3, 0.4) is 0 Å². The van der Waals surface area contributed by atoms with Gasteiger partial charge < -0.3 is 5.32 Å². The lowest BCUT2D eigenvalue weighted by atomic mass is 10.2. The standard InChI is InChI=1S/C15H19ClF3N3O/c16-13-3-1-2-12(8-13)9-21-4-6-22(7-5-21)10-14(23)20-11-15(17,18)19/h1-3,8H,4-7,9-11H2,(H,20,23). The first-order valence-corrected chi connectivity index (χ1v) is 7.72. The van der Waals surface area contributed by atoms with Gasteiger partial charge in [0.2, 0.25) is 5.91 Å². The van der Waals surface area contributed by atoms with Gasteiger partial charge in [-0.25, -0.2) is 0 Å². The summed E-state index contributed by atoms with van der Waals surface area (Å²) in [7, 11) is 0. The first-order valence-electron chi connectivity index (χ1n) is 7.34. The number of benzene rings is 1. The smallest absolute Gasteiger partial charge is 0.346 e. The monoisotopic (exact) mass is 349 g/mol. The molecule has 1 aromatic carbocycles. The Kier molecular flexibility index (Phi) is 6.26. The van der Waals surface area contributed by atoms with Crippen molar-refractivity contribution in [3.8, 4) is 0 Å². The van der Waals surface area contributed by atoms with Gasteiger partial charge in [-0.2, -0.15) is 13.2 Å². The maximum atomic E-state index is 12.0. The number of rotatable bonds is 5. The van der Waals surface area contributed by atoms with E-state index in [0.29, 0.717) is 18.1 Å². The van der Waals surface area contributed by atoms with Crippen LogP contribution in [-0.2, 0) is 11.3 Å². The summed E-state index contributed by atoms with van der Waals surface area (Å²) in [5.74, 6) is -0.592. The molecule has 128 valence electrons. The van der Waals surface area contributed by atoms with E-state index in [9.17, 15) is 18.0 Å². The molecule has 0 saturated carbocycles. The molecule has 2 rings (SSSR count). The summed E-state index contributed by atoms with van der Waals surface area (Å²) in [6, 6.07) is 7.64. The van der Waals surface area contributed by atoms with Gasteiger partial charge in [0.15, 0.2) is 0 Å². The Morgan fingerprint density at radius 3 is 2.43 bits per heavy atom. The number of hydrogen-bond donors (Lipinski definition) is 1. The Labute approximate surface area is 138 Å². The van der Waals surface area contributed by atoms with Gasteiger partial charge >= 0.3 is 6.18 Å². The van der Waals surface area contributed by atoms with E-state index in [2.05, 4.69) is 4.90 Å². The zero-order valence-corrected chi connectivity index (χ0v) is 13.3. The van der Waals surface area contributed by atoms with Crippen LogP contribution in [-0.4, -0.2) is 61.2 Å². The first-order chi connectivity index (χ1) is 10.8. The number of carbonyl (C=O) groups excluding carboxylic acids is 1. The number of nitrogens with one attached hydrogen (secondary N) is 1. The van der Waals surface area contributed by atoms with Gasteiger partial charge in [0, 0.05) is 37.7 Å². The summed E-state index contributed by atoms with van der Waals surface area (Å²) < 4.78 is 36.1. The van der Waals surface area contributed by atoms with Gasteiger partial charge in [0.25, 0.3) is 0 Å². The molecule has 1 aromatic rings. The predicted molar refractivity (Wildman–Crippen MR) is 82.2 cm³/mol. The molecule has 1 amide bonds. The number of piperazine rings is 1. The fraction of sp³-hybridized carbons (Fsp3) is 0.533. The Morgan fingerprint density at radius 2 is 1.83 bits per heavy atom. The second-order valence-corrected chi connectivity index (χ2v) is 6.01. The SMILES string of the molecule is O=C(CN1CCN(Cc2cccc(Cl)c2)CC1)NCC(F)(F)F. The number of amides is 1. The van der Waals surface area contributed by atoms with Crippen LogP contribution in [0.2, 0.25) is 5.02 Å². The van der Waals surface area contributed by atoms with Crippen LogP contribution in [0, 0.1) is 0 Å². The van der Waals surface area contributed by atoms with E-state index < -0.39 is 18.6 Å². The van der Waals surface area contributed by atoms with Gasteiger partial charge in [0.05, 0.1) is 6.54 Å². The van der Waals surface area contributed by atoms with E-state index in [1.165, 1.54) is 0 Å². The van der Waals surface area contributed by atoms with Gasteiger partial charge in [-0.1, -0.05) is 23.7 Å². The zero-order valence-electron chi connectivity index (χ0n) is 12.6. The number of alkyl halides is 3. The molecule has 1 heterocycles. The molecule has 1 aliphatic rings. The minimum absolute atomic E-state index is 0.00108. The average Bonchev–Trinajstić information content (AvgIpc) is 2.47. The van der Waals surface area contributed by atoms with Crippen LogP contribution in [0.15, 0.2) is 24.3 Å². The average molecular weight is 350 g/mol. The molecule has 4 nitrogen and oxygen atoms in total. The van der Waals surface area contributed by atoms with Crippen molar-refractivity contribution < 1.29 is 18.0 Å². The first kappa shape index (κ1) is 18.0. The molecule has 0 radical (unpaired) electrons. The summed E-state index contributed by atoms with van der Waals surface area (Å²) in [4.78, 5) is 15.6. The zero-order chi connectivity index (χ0) is 16.9. The Hall–Kier alpha value is -1.31. The second-order valence-electron chi connectivity index (χ2n) is 5.57. The molecule has 0 aliphatic carbocycles. The fourth-order valence-corrected chi connectivity index (χ4v) is 2.67. The molecule has 1 aliphatic heterocycles. The summed E-state index contributed by atoms with van der Waals surface area (Å²) in [5, 5.41) is 2.59. The van der Waals surface area contributed by atoms with Gasteiger partial charge in [-0.15, -0.1) is 0 Å². The van der Waals surface area contributed by atoms with Crippen LogP contribution in [0.1, 0.15) is 5.56 Å². The number of halogens is 4. The quantitative estimate of drug-likeness (QED) is 0.884. The fourth-order valence-electron chi connectivity index (χ4n) is 2.46. The molecule has 8 heteroatoms. The summed E-state index contributed by atoms with van der Waals surface area (Å²) in [6.45, 7) is 2.33. The van der Waals surface area contributed by atoms with Crippen molar-refractivity contribution in [3.63, 3.8) is 0 Å². The number of hydrogen-bond acceptors (Lipinski definition) is 3. The van der Waals surface area contributed by atoms with Crippen molar-refractivity contribution in [1.82, 2.24) is 15.1 Å². The van der Waals surface area contributed by atoms with Crippen LogP contribution in [0.4, 0.5) is 13.2 Å². The maximum Gasteiger partial charge on any atom is 0.405 e. The molecule has 0 spiro atoms. The Balaban J connectivity index is 1.70. The van der Waals surface area contributed by atoms with Crippen LogP contribution in [0.25, 0.3) is 0 Å². The van der Waals surface area contributed by atoms with Crippen molar-refractivity contribution in [2.45, 2.75) is 12.7 Å². The molecule has 0 bridgehead atoms. The van der Waals surface area contributed by atoms with E-state index in [-0.39, 0.29) is 6.54 Å². The van der Waals surface area contributed by atoms with Gasteiger partial charge in [-0.3, -0.25) is 14.6 Å². The van der Waals surface area contributed by atoms with Crippen molar-refractivity contribution in [3.05, 3.63) is 34.9 Å². The normalized spacial score (nSPS) is 17.2. The highest BCUT2D eigenvalue weighted by molar-refractivity contribution is 6.30. The summed E-state index contributed by atoms with van der Waals surface area (Å²) >= 11 is 5.95. The summed E-state index contributed by atoms with van der Waals surface area (Å²) in [6.07, 6.45) is -4.37. The second kappa shape index (κ2) is 7.99. The minimum atomic E-state index is -4.37. The maximum absolute atomic E-state index is 12.0. The topological polar surface area (TPSA) is 35.6 Å². The molecule has 0 atom stereocenters.